The van der Waals surface area contributed by atoms with Gasteiger partial charge >= 0.3 is 0 Å². The Bertz CT molecular complexity index is 658. The van der Waals surface area contributed by atoms with Crippen molar-refractivity contribution in [1.29, 1.82) is 0 Å². The quantitative estimate of drug-likeness (QED) is 0.500. The van der Waals surface area contributed by atoms with E-state index in [9.17, 15) is 10.1 Å². The number of hydrogen-bond acceptors (Lipinski definition) is 5. The lowest BCUT2D eigenvalue weighted by Crippen LogP contribution is -2.18. The Labute approximate surface area is 132 Å². The topological polar surface area (TPSA) is 68.1 Å². The van der Waals surface area contributed by atoms with Crippen LogP contribution in [0, 0.1) is 24.0 Å². The number of nitro groups is 1. The summed E-state index contributed by atoms with van der Waals surface area (Å²) in [5.74, 6) is 0. The van der Waals surface area contributed by atoms with Crippen molar-refractivity contribution in [2.24, 2.45) is 0 Å². The molecule has 0 fully saturated rings. The van der Waals surface area contributed by atoms with Crippen molar-refractivity contribution in [1.82, 2.24) is 10.3 Å². The van der Waals surface area contributed by atoms with Crippen LogP contribution in [0.25, 0.3) is 0 Å². The van der Waals surface area contributed by atoms with Gasteiger partial charge in [-0.25, -0.2) is 0 Å². The van der Waals surface area contributed by atoms with Gasteiger partial charge in [-0.1, -0.05) is 11.6 Å². The first-order valence-electron chi connectivity index (χ1n) is 6.53. The Kier molecular flexibility index (Phi) is 5.27. The molecule has 2 rings (SSSR count). The van der Waals surface area contributed by atoms with Crippen molar-refractivity contribution in [3.8, 4) is 0 Å². The maximum absolute atomic E-state index is 11.1. The van der Waals surface area contributed by atoms with Gasteiger partial charge in [0.1, 0.15) is 0 Å². The summed E-state index contributed by atoms with van der Waals surface area (Å²) in [4.78, 5) is 16.2. The third-order valence-electron chi connectivity index (χ3n) is 3.23. The van der Waals surface area contributed by atoms with Gasteiger partial charge in [-0.2, -0.15) is 0 Å². The van der Waals surface area contributed by atoms with Crippen LogP contribution in [-0.2, 0) is 13.0 Å². The number of nitrogens with zero attached hydrogens (tertiary/aromatic N) is 2. The molecule has 0 spiro atoms. The normalized spacial score (nSPS) is 10.8. The number of hydrogen-bond donors (Lipinski definition) is 1. The molecular weight excluding hydrogens is 310 g/mol. The highest BCUT2D eigenvalue weighted by atomic mass is 35.5. The first-order chi connectivity index (χ1) is 9.99. The van der Waals surface area contributed by atoms with Gasteiger partial charge < -0.3 is 5.32 Å². The average molecular weight is 326 g/mol. The summed E-state index contributed by atoms with van der Waals surface area (Å²) in [5.41, 5.74) is 2.10. The van der Waals surface area contributed by atoms with E-state index in [-0.39, 0.29) is 10.6 Å². The number of aryl methyl sites for hydroxylation is 1. The zero-order chi connectivity index (χ0) is 15.4. The van der Waals surface area contributed by atoms with Crippen molar-refractivity contribution in [3.05, 3.63) is 54.5 Å². The summed E-state index contributed by atoms with van der Waals surface area (Å²) in [6.07, 6.45) is 2.44. The lowest BCUT2D eigenvalue weighted by molar-refractivity contribution is -0.386. The summed E-state index contributed by atoms with van der Waals surface area (Å²) in [6.45, 7) is 4.75. The van der Waals surface area contributed by atoms with Gasteiger partial charge in [-0.15, -0.1) is 11.3 Å². The van der Waals surface area contributed by atoms with Gasteiger partial charge in [-0.05, 0) is 32.4 Å². The molecule has 0 amide bonds. The van der Waals surface area contributed by atoms with E-state index in [2.05, 4.69) is 10.3 Å². The highest BCUT2D eigenvalue weighted by Crippen LogP contribution is 2.24. The fourth-order valence-corrected chi connectivity index (χ4v) is 3.22. The minimum absolute atomic E-state index is 0.159. The third kappa shape index (κ3) is 4.00. The molecule has 2 aromatic heterocycles. The van der Waals surface area contributed by atoms with E-state index in [0.29, 0.717) is 17.7 Å². The molecular formula is C14H16ClN3O2S. The number of thiophene rings is 1. The molecule has 0 aliphatic rings. The molecule has 0 atom stereocenters. The van der Waals surface area contributed by atoms with Crippen molar-refractivity contribution >= 4 is 28.6 Å². The van der Waals surface area contributed by atoms with Gasteiger partial charge in [0.2, 0.25) is 0 Å². The van der Waals surface area contributed by atoms with E-state index >= 15 is 0 Å². The highest BCUT2D eigenvalue weighted by molar-refractivity contribution is 7.16. The number of halogens is 1. The SMILES string of the molecule is Cc1cnc(CNCCc2ccc(Cl)s2)c(C)c1[N+](=O)[O-]. The van der Waals surface area contributed by atoms with Crippen LogP contribution in [0.3, 0.4) is 0 Å². The predicted molar refractivity (Wildman–Crippen MR) is 85.1 cm³/mol. The predicted octanol–water partition coefficient (Wildman–Crippen LogP) is 3.65. The summed E-state index contributed by atoms with van der Waals surface area (Å²) in [7, 11) is 0. The van der Waals surface area contributed by atoms with E-state index < -0.39 is 0 Å². The molecule has 0 saturated heterocycles. The first-order valence-corrected chi connectivity index (χ1v) is 7.73. The minimum Gasteiger partial charge on any atom is -0.311 e. The molecule has 0 saturated carbocycles. The molecule has 0 unspecified atom stereocenters. The maximum atomic E-state index is 11.1. The molecule has 0 aliphatic heterocycles. The summed E-state index contributed by atoms with van der Waals surface area (Å²) < 4.78 is 0.789. The maximum Gasteiger partial charge on any atom is 0.278 e. The lowest BCUT2D eigenvalue weighted by atomic mass is 10.1. The summed E-state index contributed by atoms with van der Waals surface area (Å²) in [6, 6.07) is 3.89. The van der Waals surface area contributed by atoms with Crippen LogP contribution < -0.4 is 5.32 Å². The van der Waals surface area contributed by atoms with Gasteiger partial charge in [0.15, 0.2) is 0 Å². The van der Waals surface area contributed by atoms with E-state index in [1.807, 2.05) is 12.1 Å². The summed E-state index contributed by atoms with van der Waals surface area (Å²) >= 11 is 7.44. The first kappa shape index (κ1) is 15.9. The Morgan fingerprint density at radius 2 is 2.19 bits per heavy atom. The molecule has 1 N–H and O–H groups in total. The smallest absolute Gasteiger partial charge is 0.278 e. The zero-order valence-corrected chi connectivity index (χ0v) is 13.4. The van der Waals surface area contributed by atoms with Crippen LogP contribution in [0.2, 0.25) is 4.34 Å². The Balaban J connectivity index is 1.94. The molecule has 5 nitrogen and oxygen atoms in total. The molecule has 2 heterocycles. The van der Waals surface area contributed by atoms with E-state index in [4.69, 9.17) is 11.6 Å². The van der Waals surface area contributed by atoms with Gasteiger partial charge in [-0.3, -0.25) is 15.1 Å². The zero-order valence-electron chi connectivity index (χ0n) is 11.9. The van der Waals surface area contributed by atoms with Crippen LogP contribution >= 0.6 is 22.9 Å². The third-order valence-corrected chi connectivity index (χ3v) is 4.52. The Morgan fingerprint density at radius 1 is 1.43 bits per heavy atom. The van der Waals surface area contributed by atoms with Crippen LogP contribution in [0.15, 0.2) is 18.3 Å². The molecule has 2 aromatic rings. The largest absolute Gasteiger partial charge is 0.311 e. The highest BCUT2D eigenvalue weighted by Gasteiger charge is 2.18. The van der Waals surface area contributed by atoms with Crippen molar-refractivity contribution in [2.45, 2.75) is 26.8 Å². The van der Waals surface area contributed by atoms with Crippen LogP contribution in [0.5, 0.6) is 0 Å². The molecule has 21 heavy (non-hydrogen) atoms. The van der Waals surface area contributed by atoms with Crippen LogP contribution in [0.1, 0.15) is 21.7 Å². The number of nitrogens with one attached hydrogen (secondary N) is 1. The fourth-order valence-electron chi connectivity index (χ4n) is 2.13. The van der Waals surface area contributed by atoms with E-state index in [1.165, 1.54) is 4.88 Å². The number of pyridine rings is 1. The molecule has 112 valence electrons. The van der Waals surface area contributed by atoms with Gasteiger partial charge in [0, 0.05) is 35.3 Å². The minimum atomic E-state index is -0.344. The van der Waals surface area contributed by atoms with E-state index in [1.54, 1.807) is 31.4 Å². The Hall–Kier alpha value is -1.50. The standard InChI is InChI=1S/C14H16ClN3O2S/c1-9-7-17-12(10(2)14(9)18(19)20)8-16-6-5-11-3-4-13(15)21-11/h3-4,7,16H,5-6,8H2,1-2H3. The monoisotopic (exact) mass is 325 g/mol. The van der Waals surface area contributed by atoms with Gasteiger partial charge in [0.25, 0.3) is 5.69 Å². The molecule has 7 heteroatoms. The van der Waals surface area contributed by atoms with Crippen molar-refractivity contribution in [2.75, 3.05) is 6.54 Å². The number of rotatable bonds is 6. The van der Waals surface area contributed by atoms with E-state index in [0.717, 1.165) is 23.0 Å². The number of aromatic nitrogens is 1. The second-order valence-corrected chi connectivity index (χ2v) is 6.55. The average Bonchev–Trinajstić information content (AvgIpc) is 2.82. The molecule has 0 aromatic carbocycles. The molecule has 0 aliphatic carbocycles. The second-order valence-electron chi connectivity index (χ2n) is 4.75. The lowest BCUT2D eigenvalue weighted by Gasteiger charge is -2.08. The van der Waals surface area contributed by atoms with Crippen LogP contribution in [0.4, 0.5) is 5.69 Å². The summed E-state index contributed by atoms with van der Waals surface area (Å²) in [5, 5.41) is 14.3. The Morgan fingerprint density at radius 3 is 2.81 bits per heavy atom. The van der Waals surface area contributed by atoms with Gasteiger partial charge in [0.05, 0.1) is 15.0 Å². The van der Waals surface area contributed by atoms with Crippen LogP contribution in [-0.4, -0.2) is 16.5 Å². The molecule has 0 bridgehead atoms. The van der Waals surface area contributed by atoms with Crippen molar-refractivity contribution in [3.63, 3.8) is 0 Å². The molecule has 0 radical (unpaired) electrons. The fraction of sp³-hybridized carbons (Fsp3) is 0.357. The second kappa shape index (κ2) is 6.98. The van der Waals surface area contributed by atoms with Crippen molar-refractivity contribution < 1.29 is 4.92 Å².